The van der Waals surface area contributed by atoms with Crippen LogP contribution in [-0.4, -0.2) is 29.4 Å². The minimum Gasteiger partial charge on any atom is -0.399 e. The fraction of sp³-hybridized carbons (Fsp3) is 0.588. The Labute approximate surface area is 127 Å². The van der Waals surface area contributed by atoms with Gasteiger partial charge in [-0.1, -0.05) is 19.8 Å². The molecule has 0 saturated heterocycles. The molecule has 116 valence electrons. The van der Waals surface area contributed by atoms with E-state index < -0.39 is 0 Å². The molecule has 1 aliphatic rings. The highest BCUT2D eigenvalue weighted by Crippen LogP contribution is 2.25. The lowest BCUT2D eigenvalue weighted by Gasteiger charge is -2.32. The van der Waals surface area contributed by atoms with Crippen molar-refractivity contribution in [1.29, 1.82) is 0 Å². The van der Waals surface area contributed by atoms with Crippen LogP contribution in [0, 0.1) is 6.92 Å². The van der Waals surface area contributed by atoms with Gasteiger partial charge in [0.15, 0.2) is 0 Å². The van der Waals surface area contributed by atoms with E-state index in [9.17, 15) is 4.79 Å². The molecule has 1 aromatic carbocycles. The second-order valence-corrected chi connectivity index (χ2v) is 6.01. The number of nitrogen functional groups attached to an aromatic ring is 1. The van der Waals surface area contributed by atoms with Crippen molar-refractivity contribution in [3.63, 3.8) is 0 Å². The third-order valence-electron chi connectivity index (χ3n) is 4.54. The van der Waals surface area contributed by atoms with Crippen LogP contribution in [0.2, 0.25) is 0 Å². The molecule has 0 aliphatic heterocycles. The van der Waals surface area contributed by atoms with E-state index in [-0.39, 0.29) is 11.9 Å². The van der Waals surface area contributed by atoms with Crippen molar-refractivity contribution < 1.29 is 4.79 Å². The summed E-state index contributed by atoms with van der Waals surface area (Å²) in [5, 5.41) is 3.04. The molecule has 1 fully saturated rings. The lowest BCUT2D eigenvalue weighted by atomic mass is 10.1. The molecule has 0 bridgehead atoms. The largest absolute Gasteiger partial charge is 0.399 e. The second-order valence-electron chi connectivity index (χ2n) is 6.01. The molecule has 0 spiro atoms. The van der Waals surface area contributed by atoms with Crippen molar-refractivity contribution in [1.82, 2.24) is 4.90 Å². The number of rotatable bonds is 5. The first-order chi connectivity index (χ1) is 10.0. The predicted molar refractivity (Wildman–Crippen MR) is 88.3 cm³/mol. The number of anilines is 2. The Kier molecular flexibility index (Phi) is 5.23. The number of amides is 1. The van der Waals surface area contributed by atoms with Gasteiger partial charge in [0, 0.05) is 17.4 Å². The monoisotopic (exact) mass is 289 g/mol. The number of nitrogens with one attached hydrogen (secondary N) is 1. The maximum Gasteiger partial charge on any atom is 0.241 e. The van der Waals surface area contributed by atoms with E-state index in [1.165, 1.54) is 25.7 Å². The summed E-state index contributed by atoms with van der Waals surface area (Å²) in [5.74, 6) is 0.0663. The van der Waals surface area contributed by atoms with Crippen molar-refractivity contribution >= 4 is 17.3 Å². The Morgan fingerprint density at radius 1 is 1.43 bits per heavy atom. The van der Waals surface area contributed by atoms with Gasteiger partial charge in [0.1, 0.15) is 0 Å². The smallest absolute Gasteiger partial charge is 0.241 e. The topological polar surface area (TPSA) is 58.4 Å². The zero-order chi connectivity index (χ0) is 15.4. The Bertz CT molecular complexity index is 495. The summed E-state index contributed by atoms with van der Waals surface area (Å²) in [6.07, 6.45) is 5.00. The van der Waals surface area contributed by atoms with Crippen molar-refractivity contribution in [2.45, 2.75) is 58.5 Å². The maximum absolute atomic E-state index is 12.5. The molecule has 1 atom stereocenters. The van der Waals surface area contributed by atoms with Crippen LogP contribution in [0.25, 0.3) is 0 Å². The van der Waals surface area contributed by atoms with Gasteiger partial charge >= 0.3 is 0 Å². The van der Waals surface area contributed by atoms with Gasteiger partial charge in [0.2, 0.25) is 5.91 Å². The molecule has 1 saturated carbocycles. The van der Waals surface area contributed by atoms with E-state index in [4.69, 9.17) is 5.73 Å². The second kappa shape index (κ2) is 6.94. The van der Waals surface area contributed by atoms with E-state index in [0.29, 0.717) is 6.04 Å². The molecule has 3 N–H and O–H groups in total. The van der Waals surface area contributed by atoms with E-state index in [1.54, 1.807) is 0 Å². The highest BCUT2D eigenvalue weighted by atomic mass is 16.2. The van der Waals surface area contributed by atoms with Crippen LogP contribution in [0.3, 0.4) is 0 Å². The standard InChI is InChI=1S/C17H27N3O/c1-4-20(15-7-5-6-8-15)13(3)17(21)19-16-10-9-14(18)11-12(16)2/h9-11,13,15H,4-8,18H2,1-3H3,(H,19,21). The molecule has 1 aromatic rings. The van der Waals surface area contributed by atoms with Gasteiger partial charge in [-0.2, -0.15) is 0 Å². The molecule has 21 heavy (non-hydrogen) atoms. The number of aryl methyl sites for hydroxylation is 1. The van der Waals surface area contributed by atoms with Crippen LogP contribution in [-0.2, 0) is 4.79 Å². The van der Waals surface area contributed by atoms with E-state index >= 15 is 0 Å². The molecule has 0 aromatic heterocycles. The van der Waals surface area contributed by atoms with E-state index in [1.807, 2.05) is 32.0 Å². The zero-order valence-corrected chi connectivity index (χ0v) is 13.4. The van der Waals surface area contributed by atoms with Crippen LogP contribution < -0.4 is 11.1 Å². The van der Waals surface area contributed by atoms with Crippen LogP contribution in [0.4, 0.5) is 11.4 Å². The Morgan fingerprint density at radius 3 is 2.67 bits per heavy atom. The van der Waals surface area contributed by atoms with Gasteiger partial charge in [0.05, 0.1) is 6.04 Å². The summed E-state index contributed by atoms with van der Waals surface area (Å²) < 4.78 is 0. The third-order valence-corrected chi connectivity index (χ3v) is 4.54. The average molecular weight is 289 g/mol. The number of carbonyl (C=O) groups is 1. The summed E-state index contributed by atoms with van der Waals surface area (Å²) in [4.78, 5) is 14.9. The normalized spacial score (nSPS) is 17.1. The average Bonchev–Trinajstić information content (AvgIpc) is 2.96. The predicted octanol–water partition coefficient (Wildman–Crippen LogP) is 3.17. The van der Waals surface area contributed by atoms with E-state index in [2.05, 4.69) is 17.1 Å². The first-order valence-corrected chi connectivity index (χ1v) is 7.95. The minimum absolute atomic E-state index is 0.0663. The maximum atomic E-state index is 12.5. The molecule has 2 rings (SSSR count). The fourth-order valence-corrected chi connectivity index (χ4v) is 3.30. The number of nitrogens with zero attached hydrogens (tertiary/aromatic N) is 1. The van der Waals surface area contributed by atoms with Gasteiger partial charge in [-0.3, -0.25) is 9.69 Å². The number of likely N-dealkylation sites (N-methyl/N-ethyl adjacent to an activating group) is 1. The molecule has 1 unspecified atom stereocenters. The van der Waals surface area contributed by atoms with Crippen LogP contribution in [0.15, 0.2) is 18.2 Å². The molecule has 4 heteroatoms. The Morgan fingerprint density at radius 2 is 2.10 bits per heavy atom. The SMILES string of the molecule is CCN(C1CCCC1)C(C)C(=O)Nc1ccc(N)cc1C. The fourth-order valence-electron chi connectivity index (χ4n) is 3.30. The van der Waals surface area contributed by atoms with Crippen molar-refractivity contribution in [2.24, 2.45) is 0 Å². The first-order valence-electron chi connectivity index (χ1n) is 7.95. The minimum atomic E-state index is -0.102. The van der Waals surface area contributed by atoms with Gasteiger partial charge in [-0.05, 0) is 57.0 Å². The third kappa shape index (κ3) is 3.76. The Hall–Kier alpha value is -1.55. The van der Waals surface area contributed by atoms with Gasteiger partial charge < -0.3 is 11.1 Å². The lowest BCUT2D eigenvalue weighted by molar-refractivity contribution is -0.121. The lowest BCUT2D eigenvalue weighted by Crippen LogP contribution is -2.46. The van der Waals surface area contributed by atoms with Crippen LogP contribution in [0.1, 0.15) is 45.1 Å². The molecular weight excluding hydrogens is 262 g/mol. The first kappa shape index (κ1) is 15.8. The number of nitrogens with two attached hydrogens (primary N) is 1. The summed E-state index contributed by atoms with van der Waals surface area (Å²) >= 11 is 0. The summed E-state index contributed by atoms with van der Waals surface area (Å²) in [5.41, 5.74) is 8.32. The highest BCUT2D eigenvalue weighted by Gasteiger charge is 2.29. The number of benzene rings is 1. The van der Waals surface area contributed by atoms with Gasteiger partial charge in [0.25, 0.3) is 0 Å². The summed E-state index contributed by atoms with van der Waals surface area (Å²) in [7, 11) is 0. The van der Waals surface area contributed by atoms with Crippen LogP contribution in [0.5, 0.6) is 0 Å². The highest BCUT2D eigenvalue weighted by molar-refractivity contribution is 5.95. The van der Waals surface area contributed by atoms with Crippen molar-refractivity contribution in [3.05, 3.63) is 23.8 Å². The number of hydrogen-bond acceptors (Lipinski definition) is 3. The van der Waals surface area contributed by atoms with Gasteiger partial charge in [-0.25, -0.2) is 0 Å². The van der Waals surface area contributed by atoms with Crippen LogP contribution >= 0.6 is 0 Å². The van der Waals surface area contributed by atoms with E-state index in [0.717, 1.165) is 23.5 Å². The quantitative estimate of drug-likeness (QED) is 0.819. The molecular formula is C17H27N3O. The number of hydrogen-bond donors (Lipinski definition) is 2. The molecule has 1 amide bonds. The number of carbonyl (C=O) groups excluding carboxylic acids is 1. The molecule has 4 nitrogen and oxygen atoms in total. The molecule has 1 aliphatic carbocycles. The van der Waals surface area contributed by atoms with Crippen molar-refractivity contribution in [2.75, 3.05) is 17.6 Å². The molecule has 0 radical (unpaired) electrons. The van der Waals surface area contributed by atoms with Crippen molar-refractivity contribution in [3.8, 4) is 0 Å². The summed E-state index contributed by atoms with van der Waals surface area (Å²) in [6.45, 7) is 7.02. The summed E-state index contributed by atoms with van der Waals surface area (Å²) in [6, 6.07) is 6.04. The molecule has 0 heterocycles. The zero-order valence-electron chi connectivity index (χ0n) is 13.4. The van der Waals surface area contributed by atoms with Gasteiger partial charge in [-0.15, -0.1) is 0 Å². The Balaban J connectivity index is 2.03.